The van der Waals surface area contributed by atoms with Gasteiger partial charge in [-0.05, 0) is 17.7 Å². The van der Waals surface area contributed by atoms with Crippen molar-refractivity contribution >= 4 is 34.0 Å². The van der Waals surface area contributed by atoms with Crippen LogP contribution in [0.15, 0.2) is 60.8 Å². The van der Waals surface area contributed by atoms with Crippen LogP contribution in [-0.2, 0) is 6.54 Å². The van der Waals surface area contributed by atoms with Crippen LogP contribution in [0.4, 0.5) is 0 Å². The van der Waals surface area contributed by atoms with Gasteiger partial charge in [0.2, 0.25) is 0 Å². The zero-order chi connectivity index (χ0) is 13.2. The molecule has 0 radical (unpaired) electrons. The molecule has 19 heavy (non-hydrogen) atoms. The quantitative estimate of drug-likeness (QED) is 0.483. The Labute approximate surface area is 122 Å². The molecule has 0 N–H and O–H groups in total. The third kappa shape index (κ3) is 2.44. The van der Waals surface area contributed by atoms with Crippen LogP contribution in [0.25, 0.3) is 10.8 Å². The van der Waals surface area contributed by atoms with Crippen LogP contribution in [0.1, 0.15) is 5.56 Å². The van der Waals surface area contributed by atoms with Gasteiger partial charge in [-0.3, -0.25) is 0 Å². The van der Waals surface area contributed by atoms with Crippen molar-refractivity contribution in [2.45, 2.75) is 6.54 Å². The highest BCUT2D eigenvalue weighted by Crippen LogP contribution is 2.26. The van der Waals surface area contributed by atoms with E-state index in [4.69, 9.17) is 23.2 Å². The van der Waals surface area contributed by atoms with E-state index in [0.29, 0.717) is 11.7 Å². The Bertz CT molecular complexity index is 723. The zero-order valence-electron chi connectivity index (χ0n) is 10.2. The van der Waals surface area contributed by atoms with E-state index in [1.54, 1.807) is 0 Å². The molecule has 0 bridgehead atoms. The molecule has 0 amide bonds. The largest absolute Gasteiger partial charge is 0.283 e. The highest BCUT2D eigenvalue weighted by molar-refractivity contribution is 6.38. The van der Waals surface area contributed by atoms with Crippen molar-refractivity contribution in [3.8, 4) is 0 Å². The smallest absolute Gasteiger partial charge is 0.182 e. The van der Waals surface area contributed by atoms with Crippen LogP contribution in [0.5, 0.6) is 0 Å². The summed E-state index contributed by atoms with van der Waals surface area (Å²) >= 11 is 12.8. The van der Waals surface area contributed by atoms with Gasteiger partial charge in [-0.25, -0.2) is 0 Å². The molecular formula is C16H12Cl2N+. The van der Waals surface area contributed by atoms with Crippen molar-refractivity contribution in [3.63, 3.8) is 0 Å². The van der Waals surface area contributed by atoms with Crippen LogP contribution in [0.3, 0.4) is 0 Å². The number of hydrogen-bond donors (Lipinski definition) is 0. The maximum Gasteiger partial charge on any atom is 0.283 e. The summed E-state index contributed by atoms with van der Waals surface area (Å²) in [5, 5.41) is 3.39. The lowest BCUT2D eigenvalue weighted by Crippen LogP contribution is -2.35. The van der Waals surface area contributed by atoms with Gasteiger partial charge in [0.25, 0.3) is 5.15 Å². The van der Waals surface area contributed by atoms with E-state index in [1.807, 2.05) is 53.2 Å². The molecule has 3 heteroatoms. The summed E-state index contributed by atoms with van der Waals surface area (Å²) in [7, 11) is 0. The predicted molar refractivity (Wildman–Crippen MR) is 79.7 cm³/mol. The topological polar surface area (TPSA) is 3.88 Å². The Hall–Kier alpha value is -1.57. The summed E-state index contributed by atoms with van der Waals surface area (Å²) in [6.07, 6.45) is 1.89. The Morgan fingerprint density at radius 3 is 2.16 bits per heavy atom. The highest BCUT2D eigenvalue weighted by Gasteiger charge is 2.16. The number of benzene rings is 2. The number of aromatic nitrogens is 1. The highest BCUT2D eigenvalue weighted by atomic mass is 35.5. The lowest BCUT2D eigenvalue weighted by Gasteiger charge is -2.04. The normalized spacial score (nSPS) is 10.8. The molecular weight excluding hydrogens is 277 g/mol. The van der Waals surface area contributed by atoms with Gasteiger partial charge in [0.05, 0.1) is 5.39 Å². The van der Waals surface area contributed by atoms with E-state index in [1.165, 1.54) is 5.56 Å². The summed E-state index contributed by atoms with van der Waals surface area (Å²) in [5.74, 6) is 0. The molecule has 0 spiro atoms. The van der Waals surface area contributed by atoms with E-state index >= 15 is 0 Å². The lowest BCUT2D eigenvalue weighted by molar-refractivity contribution is -0.684. The van der Waals surface area contributed by atoms with Crippen molar-refractivity contribution in [2.75, 3.05) is 0 Å². The van der Waals surface area contributed by atoms with Crippen molar-refractivity contribution in [3.05, 3.63) is 76.5 Å². The van der Waals surface area contributed by atoms with Gasteiger partial charge in [-0.15, -0.1) is 0 Å². The number of halogens is 2. The molecule has 0 aliphatic heterocycles. The fourth-order valence-electron chi connectivity index (χ4n) is 2.18. The van der Waals surface area contributed by atoms with Gasteiger partial charge in [0.15, 0.2) is 12.7 Å². The Morgan fingerprint density at radius 1 is 0.789 bits per heavy atom. The third-order valence-electron chi connectivity index (χ3n) is 3.12. The van der Waals surface area contributed by atoms with Crippen LogP contribution in [0, 0.1) is 0 Å². The molecule has 0 saturated carbocycles. The van der Waals surface area contributed by atoms with E-state index < -0.39 is 0 Å². The first kappa shape index (κ1) is 12.5. The number of rotatable bonds is 2. The summed E-state index contributed by atoms with van der Waals surface area (Å²) in [5.41, 5.74) is 1.20. The molecule has 0 aliphatic carbocycles. The SMILES string of the molecule is Clc1c[n+](Cc2ccccc2)c(Cl)c2ccccc12. The van der Waals surface area contributed by atoms with Gasteiger partial charge in [-0.2, -0.15) is 4.57 Å². The number of nitrogens with zero attached hydrogens (tertiary/aromatic N) is 1. The number of fused-ring (bicyclic) bond motifs is 1. The Kier molecular flexibility index (Phi) is 3.41. The standard InChI is InChI=1S/C16H12Cl2N/c17-15-11-19(10-12-6-2-1-3-7-12)16(18)14-9-5-4-8-13(14)15/h1-9,11H,10H2/q+1. The van der Waals surface area contributed by atoms with Crippen molar-refractivity contribution in [1.82, 2.24) is 0 Å². The maximum atomic E-state index is 6.47. The molecule has 1 heterocycles. The average molecular weight is 289 g/mol. The zero-order valence-corrected chi connectivity index (χ0v) is 11.7. The number of hydrogen-bond acceptors (Lipinski definition) is 0. The summed E-state index contributed by atoms with van der Waals surface area (Å²) in [6, 6.07) is 18.1. The molecule has 0 atom stereocenters. The lowest BCUT2D eigenvalue weighted by atomic mass is 10.1. The molecule has 0 saturated heterocycles. The molecule has 3 rings (SSSR count). The molecule has 2 aromatic carbocycles. The first-order valence-electron chi connectivity index (χ1n) is 6.06. The molecule has 0 unspecified atom stereocenters. The minimum atomic E-state index is 0.712. The third-order valence-corrected chi connectivity index (χ3v) is 3.85. The molecule has 0 fully saturated rings. The van der Waals surface area contributed by atoms with Gasteiger partial charge in [-0.1, -0.05) is 60.1 Å². The molecule has 0 aliphatic rings. The first-order chi connectivity index (χ1) is 9.25. The van der Waals surface area contributed by atoms with Gasteiger partial charge < -0.3 is 0 Å². The Morgan fingerprint density at radius 2 is 1.42 bits per heavy atom. The van der Waals surface area contributed by atoms with Crippen LogP contribution in [-0.4, -0.2) is 0 Å². The minimum Gasteiger partial charge on any atom is -0.182 e. The van der Waals surface area contributed by atoms with Crippen LogP contribution < -0.4 is 4.57 Å². The fourth-order valence-corrected chi connectivity index (χ4v) is 2.74. The second-order valence-corrected chi connectivity index (χ2v) is 5.19. The van der Waals surface area contributed by atoms with Gasteiger partial charge in [0.1, 0.15) is 5.02 Å². The van der Waals surface area contributed by atoms with Crippen molar-refractivity contribution in [1.29, 1.82) is 0 Å². The summed E-state index contributed by atoms with van der Waals surface area (Å²) in [4.78, 5) is 0. The number of pyridine rings is 1. The predicted octanol–water partition coefficient (Wildman–Crippen LogP) is 4.48. The van der Waals surface area contributed by atoms with Crippen LogP contribution >= 0.6 is 23.2 Å². The monoisotopic (exact) mass is 288 g/mol. The van der Waals surface area contributed by atoms with Crippen LogP contribution in [0.2, 0.25) is 10.2 Å². The molecule has 1 nitrogen and oxygen atoms in total. The molecule has 1 aromatic heterocycles. The fraction of sp³-hybridized carbons (Fsp3) is 0.0625. The maximum absolute atomic E-state index is 6.47. The molecule has 94 valence electrons. The van der Waals surface area contributed by atoms with Gasteiger partial charge >= 0.3 is 0 Å². The van der Waals surface area contributed by atoms with E-state index in [9.17, 15) is 0 Å². The van der Waals surface area contributed by atoms with Crippen molar-refractivity contribution in [2.24, 2.45) is 0 Å². The second-order valence-electron chi connectivity index (χ2n) is 4.43. The summed E-state index contributed by atoms with van der Waals surface area (Å²) < 4.78 is 1.97. The van der Waals surface area contributed by atoms with Crippen molar-refractivity contribution < 1.29 is 4.57 Å². The second kappa shape index (κ2) is 5.20. The average Bonchev–Trinajstić information content (AvgIpc) is 2.46. The first-order valence-corrected chi connectivity index (χ1v) is 6.81. The molecule has 3 aromatic rings. The van der Waals surface area contributed by atoms with Gasteiger partial charge in [0, 0.05) is 10.9 Å². The minimum absolute atomic E-state index is 0.712. The van der Waals surface area contributed by atoms with E-state index in [-0.39, 0.29) is 0 Å². The summed E-state index contributed by atoms with van der Waals surface area (Å²) in [6.45, 7) is 0.713. The van der Waals surface area contributed by atoms with E-state index in [2.05, 4.69) is 12.1 Å². The Balaban J connectivity index is 2.12. The van der Waals surface area contributed by atoms with E-state index in [0.717, 1.165) is 15.8 Å².